The Morgan fingerprint density at radius 3 is 2.26 bits per heavy atom. The van der Waals surface area contributed by atoms with Crippen LogP contribution in [-0.2, 0) is 0 Å². The number of hydrogen-bond acceptors (Lipinski definition) is 2. The van der Waals surface area contributed by atoms with Gasteiger partial charge in [0.15, 0.2) is 0 Å². The van der Waals surface area contributed by atoms with Crippen LogP contribution in [-0.4, -0.2) is 12.8 Å². The van der Waals surface area contributed by atoms with Gasteiger partial charge in [-0.05, 0) is 55.3 Å². The molecule has 0 spiro atoms. The van der Waals surface area contributed by atoms with Crippen LogP contribution in [0.3, 0.4) is 0 Å². The number of benzene rings is 2. The fraction of sp³-hybridized carbons (Fsp3) is 0.381. The standard InChI is InChI=1S/C21H27NO/c1-3-4-5-6-7-16-23-21-14-10-19(11-15-21)17-22-20-12-8-18(2)9-13-20/h8-15,17H,3-7,16H2,1-2H3. The second kappa shape index (κ2) is 9.83. The van der Waals surface area contributed by atoms with Gasteiger partial charge in [-0.1, -0.05) is 50.3 Å². The molecule has 0 aliphatic heterocycles. The van der Waals surface area contributed by atoms with Crippen LogP contribution in [0.25, 0.3) is 0 Å². The van der Waals surface area contributed by atoms with Crippen molar-refractivity contribution in [1.82, 2.24) is 0 Å². The molecule has 2 heteroatoms. The van der Waals surface area contributed by atoms with E-state index >= 15 is 0 Å². The lowest BCUT2D eigenvalue weighted by Crippen LogP contribution is -1.97. The Labute approximate surface area is 140 Å². The van der Waals surface area contributed by atoms with Crippen molar-refractivity contribution in [2.75, 3.05) is 6.61 Å². The largest absolute Gasteiger partial charge is 0.494 e. The number of rotatable bonds is 9. The Bertz CT molecular complexity index is 584. The van der Waals surface area contributed by atoms with E-state index in [1.807, 2.05) is 42.6 Å². The molecule has 0 unspecified atom stereocenters. The highest BCUT2D eigenvalue weighted by Crippen LogP contribution is 2.15. The summed E-state index contributed by atoms with van der Waals surface area (Å²) in [5.74, 6) is 0.938. The number of aliphatic imine (C=N–C) groups is 1. The van der Waals surface area contributed by atoms with E-state index in [-0.39, 0.29) is 0 Å². The molecule has 0 amide bonds. The van der Waals surface area contributed by atoms with E-state index in [2.05, 4.69) is 31.0 Å². The molecule has 2 rings (SSSR count). The smallest absolute Gasteiger partial charge is 0.119 e. The summed E-state index contributed by atoms with van der Waals surface area (Å²) in [5.41, 5.74) is 3.31. The van der Waals surface area contributed by atoms with Crippen molar-refractivity contribution >= 4 is 11.9 Å². The molecule has 0 aliphatic rings. The molecule has 0 saturated heterocycles. The molecule has 2 aromatic carbocycles. The highest BCUT2D eigenvalue weighted by molar-refractivity contribution is 5.82. The third kappa shape index (κ3) is 6.68. The van der Waals surface area contributed by atoms with Crippen molar-refractivity contribution in [1.29, 1.82) is 0 Å². The van der Waals surface area contributed by atoms with Crippen LogP contribution in [0.15, 0.2) is 53.5 Å². The summed E-state index contributed by atoms with van der Waals surface area (Å²) in [6, 6.07) is 16.3. The molecular formula is C21H27NO. The van der Waals surface area contributed by atoms with Gasteiger partial charge in [-0.2, -0.15) is 0 Å². The minimum absolute atomic E-state index is 0.806. The number of nitrogens with zero attached hydrogens (tertiary/aromatic N) is 1. The molecule has 2 nitrogen and oxygen atoms in total. The predicted molar refractivity (Wildman–Crippen MR) is 99.1 cm³/mol. The van der Waals surface area contributed by atoms with Gasteiger partial charge in [-0.15, -0.1) is 0 Å². The summed E-state index contributed by atoms with van der Waals surface area (Å²) in [4.78, 5) is 4.49. The van der Waals surface area contributed by atoms with E-state index in [9.17, 15) is 0 Å². The van der Waals surface area contributed by atoms with Crippen molar-refractivity contribution in [3.63, 3.8) is 0 Å². The van der Waals surface area contributed by atoms with Gasteiger partial charge in [0.1, 0.15) is 5.75 Å². The zero-order valence-electron chi connectivity index (χ0n) is 14.3. The molecule has 0 heterocycles. The molecule has 0 atom stereocenters. The summed E-state index contributed by atoms with van der Waals surface area (Å²) in [5, 5.41) is 0. The number of unbranched alkanes of at least 4 members (excludes halogenated alkanes) is 4. The summed E-state index contributed by atoms with van der Waals surface area (Å²) < 4.78 is 5.77. The molecule has 122 valence electrons. The number of aryl methyl sites for hydroxylation is 1. The SMILES string of the molecule is CCCCCCCOc1ccc(C=Nc2ccc(C)cc2)cc1. The van der Waals surface area contributed by atoms with Crippen molar-refractivity contribution in [2.45, 2.75) is 46.0 Å². The van der Waals surface area contributed by atoms with E-state index in [1.165, 1.54) is 31.2 Å². The van der Waals surface area contributed by atoms with Gasteiger partial charge < -0.3 is 4.74 Å². The summed E-state index contributed by atoms with van der Waals surface area (Å²) in [7, 11) is 0. The highest BCUT2D eigenvalue weighted by Gasteiger charge is 1.95. The van der Waals surface area contributed by atoms with Crippen LogP contribution in [0.4, 0.5) is 5.69 Å². The van der Waals surface area contributed by atoms with Crippen molar-refractivity contribution in [2.24, 2.45) is 4.99 Å². The fourth-order valence-electron chi connectivity index (χ4n) is 2.33. The lowest BCUT2D eigenvalue weighted by molar-refractivity contribution is 0.304. The van der Waals surface area contributed by atoms with Crippen LogP contribution in [0, 0.1) is 6.92 Å². The molecule has 0 fully saturated rings. The summed E-state index contributed by atoms with van der Waals surface area (Å²) in [6.07, 6.45) is 8.21. The van der Waals surface area contributed by atoms with Gasteiger partial charge in [-0.3, -0.25) is 4.99 Å². The van der Waals surface area contributed by atoms with Gasteiger partial charge in [0.25, 0.3) is 0 Å². The quantitative estimate of drug-likeness (QED) is 0.405. The normalized spacial score (nSPS) is 11.0. The van der Waals surface area contributed by atoms with E-state index in [1.54, 1.807) is 0 Å². The molecule has 2 aromatic rings. The molecular weight excluding hydrogens is 282 g/mol. The molecule has 0 aliphatic carbocycles. The van der Waals surface area contributed by atoms with Gasteiger partial charge >= 0.3 is 0 Å². The third-order valence-electron chi connectivity index (χ3n) is 3.79. The first kappa shape index (κ1) is 17.3. The first-order valence-electron chi connectivity index (χ1n) is 8.61. The van der Waals surface area contributed by atoms with Gasteiger partial charge in [-0.25, -0.2) is 0 Å². The Morgan fingerprint density at radius 2 is 1.57 bits per heavy atom. The Hall–Kier alpha value is -2.09. The maximum Gasteiger partial charge on any atom is 0.119 e. The Balaban J connectivity index is 1.76. The van der Waals surface area contributed by atoms with E-state index in [4.69, 9.17) is 4.74 Å². The van der Waals surface area contributed by atoms with Crippen molar-refractivity contribution in [3.05, 3.63) is 59.7 Å². The van der Waals surface area contributed by atoms with Crippen LogP contribution in [0.5, 0.6) is 5.75 Å². The summed E-state index contributed by atoms with van der Waals surface area (Å²) in [6.45, 7) is 5.12. The Morgan fingerprint density at radius 1 is 0.870 bits per heavy atom. The highest BCUT2D eigenvalue weighted by atomic mass is 16.5. The number of ether oxygens (including phenoxy) is 1. The van der Waals surface area contributed by atoms with Crippen LogP contribution < -0.4 is 4.74 Å². The average Bonchev–Trinajstić information content (AvgIpc) is 2.58. The first-order valence-corrected chi connectivity index (χ1v) is 8.61. The molecule has 0 N–H and O–H groups in total. The van der Waals surface area contributed by atoms with E-state index in [0.717, 1.165) is 30.0 Å². The predicted octanol–water partition coefficient (Wildman–Crippen LogP) is 6.09. The zero-order valence-corrected chi connectivity index (χ0v) is 14.3. The van der Waals surface area contributed by atoms with E-state index < -0.39 is 0 Å². The molecule has 0 radical (unpaired) electrons. The lowest BCUT2D eigenvalue weighted by Gasteiger charge is -2.06. The lowest BCUT2D eigenvalue weighted by atomic mass is 10.2. The van der Waals surface area contributed by atoms with Crippen molar-refractivity contribution in [3.8, 4) is 5.75 Å². The fourth-order valence-corrected chi connectivity index (χ4v) is 2.33. The average molecular weight is 309 g/mol. The van der Waals surface area contributed by atoms with Crippen molar-refractivity contribution < 1.29 is 4.74 Å². The molecule has 0 saturated carbocycles. The topological polar surface area (TPSA) is 21.6 Å². The molecule has 23 heavy (non-hydrogen) atoms. The third-order valence-corrected chi connectivity index (χ3v) is 3.79. The van der Waals surface area contributed by atoms with Crippen LogP contribution >= 0.6 is 0 Å². The van der Waals surface area contributed by atoms with Gasteiger partial charge in [0.2, 0.25) is 0 Å². The zero-order chi connectivity index (χ0) is 16.3. The second-order valence-electron chi connectivity index (χ2n) is 5.93. The maximum absolute atomic E-state index is 5.77. The number of hydrogen-bond donors (Lipinski definition) is 0. The van der Waals surface area contributed by atoms with Crippen LogP contribution in [0.2, 0.25) is 0 Å². The minimum Gasteiger partial charge on any atom is -0.494 e. The monoisotopic (exact) mass is 309 g/mol. The Kier molecular flexibility index (Phi) is 7.38. The van der Waals surface area contributed by atoms with Gasteiger partial charge in [0, 0.05) is 6.21 Å². The maximum atomic E-state index is 5.77. The molecule has 0 aromatic heterocycles. The summed E-state index contributed by atoms with van der Waals surface area (Å²) >= 11 is 0. The second-order valence-corrected chi connectivity index (χ2v) is 5.93. The minimum atomic E-state index is 0.806. The molecule has 0 bridgehead atoms. The van der Waals surface area contributed by atoms with Crippen LogP contribution in [0.1, 0.15) is 50.2 Å². The first-order chi connectivity index (χ1) is 11.3. The van der Waals surface area contributed by atoms with Gasteiger partial charge in [0.05, 0.1) is 12.3 Å². The van der Waals surface area contributed by atoms with E-state index in [0.29, 0.717) is 0 Å².